The number of nitrogens with zero attached hydrogens (tertiary/aromatic N) is 1. The Balaban J connectivity index is 1.60. The number of hydrogen-bond acceptors (Lipinski definition) is 3. The lowest BCUT2D eigenvalue weighted by Gasteiger charge is -2.12. The molecule has 1 aliphatic carbocycles. The minimum absolute atomic E-state index is 0.0844. The van der Waals surface area contributed by atoms with Crippen LogP contribution in [0.5, 0.6) is 0 Å². The fourth-order valence-electron chi connectivity index (χ4n) is 3.23. The van der Waals surface area contributed by atoms with Gasteiger partial charge in [0.1, 0.15) is 5.71 Å². The lowest BCUT2D eigenvalue weighted by Crippen LogP contribution is -2.27. The molecule has 0 aromatic heterocycles. The topological polar surface area (TPSA) is 53.5 Å². The summed E-state index contributed by atoms with van der Waals surface area (Å²) >= 11 is 5.34. The molecule has 0 saturated carbocycles. The van der Waals surface area contributed by atoms with E-state index in [1.807, 2.05) is 68.4 Å². The Kier molecular flexibility index (Phi) is 4.01. The Hall–Kier alpha value is -3.05. The zero-order chi connectivity index (χ0) is 18.3. The Morgan fingerprint density at radius 3 is 2.42 bits per heavy atom. The Labute approximate surface area is 156 Å². The maximum Gasteiger partial charge on any atom is 0.214 e. The van der Waals surface area contributed by atoms with E-state index in [4.69, 9.17) is 12.2 Å². The van der Waals surface area contributed by atoms with Crippen molar-refractivity contribution < 1.29 is 4.79 Å². The van der Waals surface area contributed by atoms with Crippen LogP contribution in [0.1, 0.15) is 27.0 Å². The number of aryl methyl sites for hydroxylation is 1. The minimum Gasteiger partial charge on any atom is -0.331 e. The number of carbonyl (C=O) groups excluding carboxylic acids is 1. The molecule has 0 bridgehead atoms. The maximum atomic E-state index is 12.7. The number of hydrazone groups is 1. The van der Waals surface area contributed by atoms with E-state index in [0.717, 1.165) is 27.6 Å². The van der Waals surface area contributed by atoms with Crippen LogP contribution in [0.2, 0.25) is 0 Å². The van der Waals surface area contributed by atoms with E-state index < -0.39 is 0 Å². The average molecular weight is 359 g/mol. The van der Waals surface area contributed by atoms with E-state index in [1.165, 1.54) is 5.56 Å². The van der Waals surface area contributed by atoms with Crippen LogP contribution < -0.4 is 10.7 Å². The van der Waals surface area contributed by atoms with Crippen LogP contribution in [0.3, 0.4) is 0 Å². The molecule has 0 heterocycles. The standard InChI is InChI=1S/C21H17N3OS/c1-12-6-3-11-17(13(12)2)22-21(26)24-23-19-15-9-4-7-14-8-5-10-16(18(14)15)20(19)25/h3-11H,1-2H3,(H2,22,24,26)/b23-19-. The normalized spacial score (nSPS) is 14.1. The number of ketones is 1. The molecule has 0 aliphatic heterocycles. The van der Waals surface area contributed by atoms with Gasteiger partial charge in [-0.1, -0.05) is 48.5 Å². The molecule has 0 fully saturated rings. The smallest absolute Gasteiger partial charge is 0.214 e. The summed E-state index contributed by atoms with van der Waals surface area (Å²) in [5.41, 5.74) is 7.95. The Morgan fingerprint density at radius 2 is 1.65 bits per heavy atom. The fraction of sp³-hybridized carbons (Fsp3) is 0.0952. The van der Waals surface area contributed by atoms with E-state index >= 15 is 0 Å². The molecule has 5 heteroatoms. The first kappa shape index (κ1) is 16.4. The van der Waals surface area contributed by atoms with Gasteiger partial charge in [0.15, 0.2) is 5.11 Å². The molecule has 128 valence electrons. The lowest BCUT2D eigenvalue weighted by molar-refractivity contribution is 0.106. The lowest BCUT2D eigenvalue weighted by atomic mass is 10.1. The van der Waals surface area contributed by atoms with Crippen molar-refractivity contribution in [3.63, 3.8) is 0 Å². The third-order valence-electron chi connectivity index (χ3n) is 4.74. The van der Waals surface area contributed by atoms with Crippen LogP contribution in [0.4, 0.5) is 5.69 Å². The van der Waals surface area contributed by atoms with Crippen molar-refractivity contribution in [1.82, 2.24) is 5.43 Å². The molecule has 0 atom stereocenters. The van der Waals surface area contributed by atoms with Crippen LogP contribution >= 0.6 is 12.2 Å². The molecule has 4 rings (SSSR count). The summed E-state index contributed by atoms with van der Waals surface area (Å²) in [6.07, 6.45) is 0. The third kappa shape index (κ3) is 2.66. The van der Waals surface area contributed by atoms with Crippen molar-refractivity contribution >= 4 is 45.3 Å². The predicted octanol–water partition coefficient (Wildman–Crippen LogP) is 4.34. The molecule has 0 spiro atoms. The second-order valence-electron chi connectivity index (χ2n) is 6.31. The largest absolute Gasteiger partial charge is 0.331 e. The van der Waals surface area contributed by atoms with Crippen molar-refractivity contribution in [2.75, 3.05) is 5.32 Å². The van der Waals surface area contributed by atoms with Gasteiger partial charge in [0.25, 0.3) is 0 Å². The van der Waals surface area contributed by atoms with Gasteiger partial charge in [-0.05, 0) is 48.6 Å². The van der Waals surface area contributed by atoms with E-state index in [1.54, 1.807) is 0 Å². The Bertz CT molecular complexity index is 1100. The first-order chi connectivity index (χ1) is 12.6. The highest BCUT2D eigenvalue weighted by Gasteiger charge is 2.28. The molecule has 0 unspecified atom stereocenters. The van der Waals surface area contributed by atoms with Crippen LogP contribution in [0, 0.1) is 13.8 Å². The van der Waals surface area contributed by atoms with Crippen molar-refractivity contribution in [3.8, 4) is 0 Å². The van der Waals surface area contributed by atoms with Gasteiger partial charge in [0, 0.05) is 22.2 Å². The van der Waals surface area contributed by atoms with E-state index in [-0.39, 0.29) is 5.78 Å². The molecular formula is C21H17N3OS. The molecule has 0 amide bonds. The molecular weight excluding hydrogens is 342 g/mol. The van der Waals surface area contributed by atoms with Gasteiger partial charge >= 0.3 is 0 Å². The second-order valence-corrected chi connectivity index (χ2v) is 6.72. The third-order valence-corrected chi connectivity index (χ3v) is 4.93. The fourth-order valence-corrected chi connectivity index (χ4v) is 3.39. The van der Waals surface area contributed by atoms with E-state index in [0.29, 0.717) is 16.4 Å². The van der Waals surface area contributed by atoms with Crippen molar-refractivity contribution in [3.05, 3.63) is 76.9 Å². The minimum atomic E-state index is -0.0844. The Morgan fingerprint density at radius 1 is 0.962 bits per heavy atom. The molecule has 3 aromatic carbocycles. The summed E-state index contributed by atoms with van der Waals surface area (Å²) in [4.78, 5) is 12.7. The number of Topliss-reactive ketones (excluding diaryl/α,β-unsaturated/α-hetero) is 1. The van der Waals surface area contributed by atoms with Gasteiger partial charge < -0.3 is 5.32 Å². The number of rotatable bonds is 2. The number of anilines is 1. The number of nitrogens with one attached hydrogen (secondary N) is 2. The molecule has 26 heavy (non-hydrogen) atoms. The second kappa shape index (κ2) is 6.35. The van der Waals surface area contributed by atoms with Crippen LogP contribution in [-0.2, 0) is 0 Å². The zero-order valence-corrected chi connectivity index (χ0v) is 15.3. The summed E-state index contributed by atoms with van der Waals surface area (Å²) < 4.78 is 0. The van der Waals surface area contributed by atoms with Crippen LogP contribution in [0.15, 0.2) is 59.7 Å². The first-order valence-electron chi connectivity index (χ1n) is 8.34. The molecule has 3 aromatic rings. The van der Waals surface area contributed by atoms with Crippen LogP contribution in [-0.4, -0.2) is 16.6 Å². The highest BCUT2D eigenvalue weighted by molar-refractivity contribution is 7.80. The SMILES string of the molecule is Cc1cccc(NC(=S)N/N=C2\C(=O)c3cccc4cccc2c34)c1C. The number of carbonyl (C=O) groups is 1. The van der Waals surface area contributed by atoms with Crippen molar-refractivity contribution in [2.45, 2.75) is 13.8 Å². The highest BCUT2D eigenvalue weighted by Crippen LogP contribution is 2.30. The summed E-state index contributed by atoms with van der Waals surface area (Å²) in [5, 5.41) is 9.78. The van der Waals surface area contributed by atoms with Gasteiger partial charge in [-0.2, -0.15) is 5.10 Å². The van der Waals surface area contributed by atoms with Gasteiger partial charge in [-0.25, -0.2) is 0 Å². The number of thiocarbonyl (C=S) groups is 1. The molecule has 0 saturated heterocycles. The predicted molar refractivity (Wildman–Crippen MR) is 110 cm³/mol. The van der Waals surface area contributed by atoms with Gasteiger partial charge in [-0.15, -0.1) is 0 Å². The molecule has 1 aliphatic rings. The van der Waals surface area contributed by atoms with Gasteiger partial charge in [0.05, 0.1) is 0 Å². The maximum absolute atomic E-state index is 12.7. The quantitative estimate of drug-likeness (QED) is 0.528. The summed E-state index contributed by atoms with van der Waals surface area (Å²) in [6, 6.07) is 17.5. The molecule has 2 N–H and O–H groups in total. The van der Waals surface area contributed by atoms with Crippen molar-refractivity contribution in [1.29, 1.82) is 0 Å². The monoisotopic (exact) mass is 359 g/mol. The van der Waals surface area contributed by atoms with Crippen molar-refractivity contribution in [2.24, 2.45) is 5.10 Å². The van der Waals surface area contributed by atoms with E-state index in [2.05, 4.69) is 15.8 Å². The van der Waals surface area contributed by atoms with Gasteiger partial charge in [-0.3, -0.25) is 10.2 Å². The zero-order valence-electron chi connectivity index (χ0n) is 14.5. The summed E-state index contributed by atoms with van der Waals surface area (Å²) in [5.74, 6) is -0.0844. The van der Waals surface area contributed by atoms with E-state index in [9.17, 15) is 4.79 Å². The highest BCUT2D eigenvalue weighted by atomic mass is 32.1. The summed E-state index contributed by atoms with van der Waals surface area (Å²) in [6.45, 7) is 4.08. The molecule has 0 radical (unpaired) electrons. The van der Waals surface area contributed by atoms with Crippen LogP contribution in [0.25, 0.3) is 10.8 Å². The molecule has 4 nitrogen and oxygen atoms in total. The number of hydrogen-bond donors (Lipinski definition) is 2. The average Bonchev–Trinajstić information content (AvgIpc) is 2.91. The summed E-state index contributed by atoms with van der Waals surface area (Å²) in [7, 11) is 0. The van der Waals surface area contributed by atoms with Gasteiger partial charge in [0.2, 0.25) is 5.78 Å². The number of benzene rings is 3. The first-order valence-corrected chi connectivity index (χ1v) is 8.75.